The molecule has 25 heavy (non-hydrogen) atoms. The first-order valence-electron chi connectivity index (χ1n) is 9.09. The Morgan fingerprint density at radius 1 is 1.40 bits per heavy atom. The van der Waals surface area contributed by atoms with Gasteiger partial charge in [-0.2, -0.15) is 0 Å². The van der Waals surface area contributed by atoms with Gasteiger partial charge in [-0.15, -0.1) is 10.2 Å². The van der Waals surface area contributed by atoms with Gasteiger partial charge in [0.25, 0.3) is 0 Å². The number of furan rings is 1. The number of thioether (sulfide) groups is 1. The fourth-order valence-corrected chi connectivity index (χ4v) is 4.39. The van der Waals surface area contributed by atoms with Crippen LogP contribution in [-0.4, -0.2) is 43.4 Å². The molecule has 2 aromatic heterocycles. The highest BCUT2D eigenvalue weighted by atomic mass is 32.2. The fourth-order valence-electron chi connectivity index (χ4n) is 3.41. The molecule has 6 nitrogen and oxygen atoms in total. The lowest BCUT2D eigenvalue weighted by Gasteiger charge is -2.36. The van der Waals surface area contributed by atoms with E-state index in [1.165, 1.54) is 18.2 Å². The summed E-state index contributed by atoms with van der Waals surface area (Å²) in [6, 6.07) is 4.09. The number of hydrogen-bond donors (Lipinski definition) is 0. The molecule has 1 saturated heterocycles. The van der Waals surface area contributed by atoms with Crippen LogP contribution in [0.25, 0.3) is 11.6 Å². The van der Waals surface area contributed by atoms with Gasteiger partial charge in [-0.05, 0) is 51.7 Å². The van der Waals surface area contributed by atoms with Crippen LogP contribution < -0.4 is 0 Å². The molecule has 0 spiro atoms. The number of hydrogen-bond acceptors (Lipinski definition) is 5. The van der Waals surface area contributed by atoms with E-state index in [0.717, 1.165) is 37.5 Å². The molecule has 0 aromatic carbocycles. The second-order valence-corrected chi connectivity index (χ2v) is 7.69. The lowest BCUT2D eigenvalue weighted by atomic mass is 10.00. The number of carbonyl (C=O) groups is 1. The van der Waals surface area contributed by atoms with E-state index in [1.54, 1.807) is 6.26 Å². The highest BCUT2D eigenvalue weighted by Gasteiger charge is 2.30. The molecule has 1 aliphatic heterocycles. The Balaban J connectivity index is 1.74. The van der Waals surface area contributed by atoms with Gasteiger partial charge in [0, 0.05) is 19.1 Å². The molecule has 136 valence electrons. The number of piperidine rings is 1. The monoisotopic (exact) mass is 362 g/mol. The van der Waals surface area contributed by atoms with Gasteiger partial charge in [0.2, 0.25) is 5.91 Å². The van der Waals surface area contributed by atoms with Crippen LogP contribution >= 0.6 is 11.8 Å². The van der Waals surface area contributed by atoms with E-state index in [-0.39, 0.29) is 11.2 Å². The number of rotatable bonds is 6. The van der Waals surface area contributed by atoms with E-state index < -0.39 is 0 Å². The Labute approximate surface area is 153 Å². The molecule has 2 atom stereocenters. The minimum absolute atomic E-state index is 0.175. The molecule has 2 aromatic rings. The number of carbonyl (C=O) groups excluding carboxylic acids is 1. The maximum atomic E-state index is 12.9. The average Bonchev–Trinajstić information content (AvgIpc) is 3.30. The van der Waals surface area contributed by atoms with Crippen LogP contribution in [-0.2, 0) is 11.3 Å². The molecule has 0 N–H and O–H groups in total. The predicted octanol–water partition coefficient (Wildman–Crippen LogP) is 3.83. The normalized spacial score (nSPS) is 19.2. The molecule has 1 amide bonds. The Kier molecular flexibility index (Phi) is 5.83. The molecule has 1 aliphatic rings. The average molecular weight is 362 g/mol. The van der Waals surface area contributed by atoms with Gasteiger partial charge >= 0.3 is 0 Å². The molecule has 0 bridgehead atoms. The van der Waals surface area contributed by atoms with Crippen LogP contribution in [0.4, 0.5) is 0 Å². The summed E-state index contributed by atoms with van der Waals surface area (Å²) in [5.74, 6) is 1.61. The molecule has 3 heterocycles. The van der Waals surface area contributed by atoms with E-state index in [0.29, 0.717) is 17.6 Å². The van der Waals surface area contributed by atoms with Gasteiger partial charge in [-0.1, -0.05) is 18.7 Å². The van der Waals surface area contributed by atoms with Crippen LogP contribution in [0.1, 0.15) is 46.5 Å². The van der Waals surface area contributed by atoms with Crippen LogP contribution in [0.15, 0.2) is 28.0 Å². The zero-order chi connectivity index (χ0) is 17.8. The van der Waals surface area contributed by atoms with Crippen molar-refractivity contribution in [2.24, 2.45) is 0 Å². The van der Waals surface area contributed by atoms with Crippen molar-refractivity contribution >= 4 is 17.7 Å². The Hall–Kier alpha value is -1.76. The highest BCUT2D eigenvalue weighted by molar-refractivity contribution is 8.00. The van der Waals surface area contributed by atoms with Gasteiger partial charge in [-0.3, -0.25) is 9.36 Å². The van der Waals surface area contributed by atoms with Crippen molar-refractivity contribution in [2.75, 3.05) is 6.54 Å². The van der Waals surface area contributed by atoms with Crippen molar-refractivity contribution < 1.29 is 9.21 Å². The van der Waals surface area contributed by atoms with Crippen molar-refractivity contribution in [3.63, 3.8) is 0 Å². The third-order valence-corrected chi connectivity index (χ3v) is 5.85. The van der Waals surface area contributed by atoms with E-state index >= 15 is 0 Å². The molecule has 2 unspecified atom stereocenters. The summed E-state index contributed by atoms with van der Waals surface area (Å²) < 4.78 is 7.44. The van der Waals surface area contributed by atoms with E-state index in [4.69, 9.17) is 4.42 Å². The summed E-state index contributed by atoms with van der Waals surface area (Å²) in [5.41, 5.74) is 0. The first-order chi connectivity index (χ1) is 12.2. The van der Waals surface area contributed by atoms with E-state index in [9.17, 15) is 4.79 Å². The summed E-state index contributed by atoms with van der Waals surface area (Å²) in [5, 5.41) is 9.14. The van der Waals surface area contributed by atoms with Crippen molar-refractivity contribution in [3.8, 4) is 11.6 Å². The summed E-state index contributed by atoms with van der Waals surface area (Å²) in [4.78, 5) is 15.0. The van der Waals surface area contributed by atoms with Gasteiger partial charge < -0.3 is 9.32 Å². The van der Waals surface area contributed by atoms with E-state index in [1.807, 2.05) is 30.5 Å². The van der Waals surface area contributed by atoms with Gasteiger partial charge in [-0.25, -0.2) is 0 Å². The number of nitrogens with zero attached hydrogens (tertiary/aromatic N) is 4. The summed E-state index contributed by atoms with van der Waals surface area (Å²) in [7, 11) is 0. The zero-order valence-corrected chi connectivity index (χ0v) is 16.0. The summed E-state index contributed by atoms with van der Waals surface area (Å²) in [6.07, 6.45) is 6.10. The SMILES string of the molecule is CCC1CCCCN1C(=O)C(C)Sc1nnc(-c2ccco2)n1CC. The van der Waals surface area contributed by atoms with Crippen LogP contribution in [0.3, 0.4) is 0 Å². The number of amides is 1. The first kappa shape index (κ1) is 18.0. The van der Waals surface area contributed by atoms with Crippen molar-refractivity contribution in [1.82, 2.24) is 19.7 Å². The van der Waals surface area contributed by atoms with Gasteiger partial charge in [0.1, 0.15) is 0 Å². The van der Waals surface area contributed by atoms with Crippen LogP contribution in [0.5, 0.6) is 0 Å². The quantitative estimate of drug-likeness (QED) is 0.731. The van der Waals surface area contributed by atoms with Gasteiger partial charge in [0.05, 0.1) is 11.5 Å². The Morgan fingerprint density at radius 3 is 2.92 bits per heavy atom. The largest absolute Gasteiger partial charge is 0.461 e. The predicted molar refractivity (Wildman–Crippen MR) is 98.4 cm³/mol. The Morgan fingerprint density at radius 2 is 2.24 bits per heavy atom. The maximum absolute atomic E-state index is 12.9. The molecule has 0 radical (unpaired) electrons. The van der Waals surface area contributed by atoms with Crippen molar-refractivity contribution in [2.45, 2.75) is 69.4 Å². The van der Waals surface area contributed by atoms with Gasteiger partial charge in [0.15, 0.2) is 16.7 Å². The topological polar surface area (TPSA) is 64.2 Å². The second-order valence-electron chi connectivity index (χ2n) is 6.38. The molecular weight excluding hydrogens is 336 g/mol. The smallest absolute Gasteiger partial charge is 0.236 e. The second kappa shape index (κ2) is 8.08. The Bertz CT molecular complexity index is 698. The lowest BCUT2D eigenvalue weighted by Crippen LogP contribution is -2.46. The lowest BCUT2D eigenvalue weighted by molar-refractivity contribution is -0.134. The van der Waals surface area contributed by atoms with E-state index in [2.05, 4.69) is 22.0 Å². The van der Waals surface area contributed by atoms with Crippen LogP contribution in [0, 0.1) is 0 Å². The summed E-state index contributed by atoms with van der Waals surface area (Å²) >= 11 is 1.48. The number of likely N-dealkylation sites (tertiary alicyclic amines) is 1. The number of aromatic nitrogens is 3. The van der Waals surface area contributed by atoms with Crippen LogP contribution in [0.2, 0.25) is 0 Å². The minimum Gasteiger partial charge on any atom is -0.461 e. The maximum Gasteiger partial charge on any atom is 0.236 e. The van der Waals surface area contributed by atoms with Crippen molar-refractivity contribution in [3.05, 3.63) is 18.4 Å². The van der Waals surface area contributed by atoms with Crippen molar-refractivity contribution in [1.29, 1.82) is 0 Å². The molecule has 1 fully saturated rings. The highest BCUT2D eigenvalue weighted by Crippen LogP contribution is 2.29. The first-order valence-corrected chi connectivity index (χ1v) is 9.97. The fraction of sp³-hybridized carbons (Fsp3) is 0.611. The third kappa shape index (κ3) is 3.76. The third-order valence-electron chi connectivity index (χ3n) is 4.79. The molecule has 0 saturated carbocycles. The molecular formula is C18H26N4O2S. The minimum atomic E-state index is -0.175. The molecule has 3 rings (SSSR count). The standard InChI is InChI=1S/C18H26N4O2S/c1-4-14-9-6-7-11-22(14)17(23)13(3)25-18-20-19-16(21(18)5-2)15-10-8-12-24-15/h8,10,12-14H,4-7,9,11H2,1-3H3. The molecule has 0 aliphatic carbocycles. The summed E-state index contributed by atoms with van der Waals surface area (Å²) in [6.45, 7) is 7.78. The molecule has 7 heteroatoms. The zero-order valence-electron chi connectivity index (χ0n) is 15.1.